The number of nitrogens with zero attached hydrogens (tertiary/aromatic N) is 2. The van der Waals surface area contributed by atoms with Crippen LogP contribution in [0.4, 0.5) is 8.78 Å². The van der Waals surface area contributed by atoms with Crippen LogP contribution in [0.5, 0.6) is 0 Å². The molecule has 1 aromatic carbocycles. The van der Waals surface area contributed by atoms with Gasteiger partial charge in [0.25, 0.3) is 0 Å². The van der Waals surface area contributed by atoms with Gasteiger partial charge in [-0.05, 0) is 31.4 Å². The number of benzene rings is 1. The average molecular weight is 509 g/mol. The summed E-state index contributed by atoms with van der Waals surface area (Å²) in [5.74, 6) is -0.422. The molecule has 3 unspecified atom stereocenters. The van der Waals surface area contributed by atoms with Crippen LogP contribution in [-0.2, 0) is 9.47 Å². The molecule has 0 aliphatic carbocycles. The van der Waals surface area contributed by atoms with E-state index in [1.165, 1.54) is 12.1 Å². The van der Waals surface area contributed by atoms with E-state index in [0.717, 1.165) is 51.1 Å². The molecule has 1 aromatic rings. The third-order valence-corrected chi connectivity index (χ3v) is 5.12. The second kappa shape index (κ2) is 11.3. The van der Waals surface area contributed by atoms with E-state index < -0.39 is 11.6 Å². The zero-order valence-corrected chi connectivity index (χ0v) is 18.8. The SMILES string of the molecule is CCNC(=NCC(C)c1ccc(F)cc1F)N1CCOC(C2CCCO2)C1.I. The Balaban J connectivity index is 0.00000280. The largest absolute Gasteiger partial charge is 0.375 e. The normalized spacial score (nSPS) is 24.0. The maximum absolute atomic E-state index is 14.0. The third kappa shape index (κ3) is 6.00. The molecule has 0 amide bonds. The van der Waals surface area contributed by atoms with Gasteiger partial charge in [0.15, 0.2) is 5.96 Å². The molecule has 28 heavy (non-hydrogen) atoms. The lowest BCUT2D eigenvalue weighted by Gasteiger charge is -2.37. The summed E-state index contributed by atoms with van der Waals surface area (Å²) in [6.07, 6.45) is 2.33. The van der Waals surface area contributed by atoms with Gasteiger partial charge in [0.2, 0.25) is 0 Å². The number of morpholine rings is 1. The first-order valence-corrected chi connectivity index (χ1v) is 9.80. The van der Waals surface area contributed by atoms with Crippen molar-refractivity contribution < 1.29 is 18.3 Å². The van der Waals surface area contributed by atoms with Crippen molar-refractivity contribution in [1.82, 2.24) is 10.2 Å². The molecule has 0 radical (unpaired) electrons. The summed E-state index contributed by atoms with van der Waals surface area (Å²) in [5, 5.41) is 3.32. The van der Waals surface area contributed by atoms with Crippen LogP contribution in [0.15, 0.2) is 23.2 Å². The molecule has 2 fully saturated rings. The van der Waals surface area contributed by atoms with Gasteiger partial charge in [-0.1, -0.05) is 13.0 Å². The van der Waals surface area contributed by atoms with Crippen molar-refractivity contribution >= 4 is 29.9 Å². The molecule has 2 saturated heterocycles. The van der Waals surface area contributed by atoms with Gasteiger partial charge in [-0.3, -0.25) is 4.99 Å². The van der Waals surface area contributed by atoms with Gasteiger partial charge in [0.1, 0.15) is 17.7 Å². The van der Waals surface area contributed by atoms with Crippen molar-refractivity contribution in [3.8, 4) is 0 Å². The fourth-order valence-electron chi connectivity index (χ4n) is 3.64. The molecule has 0 aromatic heterocycles. The average Bonchev–Trinajstić information content (AvgIpc) is 3.20. The second-order valence-electron chi connectivity index (χ2n) is 7.17. The summed E-state index contributed by atoms with van der Waals surface area (Å²) >= 11 is 0. The number of rotatable bonds is 5. The van der Waals surface area contributed by atoms with E-state index in [0.29, 0.717) is 18.7 Å². The number of aliphatic imine (C=N–C) groups is 1. The maximum atomic E-state index is 14.0. The minimum absolute atomic E-state index is 0. The van der Waals surface area contributed by atoms with Crippen LogP contribution in [0.2, 0.25) is 0 Å². The Hall–Kier alpha value is -1.00. The molecule has 1 N–H and O–H groups in total. The van der Waals surface area contributed by atoms with Crippen LogP contribution in [-0.4, -0.2) is 62.5 Å². The van der Waals surface area contributed by atoms with Gasteiger partial charge >= 0.3 is 0 Å². The Kier molecular flexibility index (Phi) is 9.36. The number of halogens is 3. The fraction of sp³-hybridized carbons (Fsp3) is 0.650. The predicted octanol–water partition coefficient (Wildman–Crippen LogP) is 3.53. The molecular formula is C20H30F2IN3O2. The smallest absolute Gasteiger partial charge is 0.194 e. The zero-order valence-electron chi connectivity index (χ0n) is 16.5. The number of guanidine groups is 1. The van der Waals surface area contributed by atoms with Crippen molar-refractivity contribution in [2.75, 3.05) is 39.4 Å². The van der Waals surface area contributed by atoms with Crippen LogP contribution >= 0.6 is 24.0 Å². The first-order valence-electron chi connectivity index (χ1n) is 9.80. The van der Waals surface area contributed by atoms with Crippen molar-refractivity contribution in [1.29, 1.82) is 0 Å². The maximum Gasteiger partial charge on any atom is 0.194 e. The summed E-state index contributed by atoms with van der Waals surface area (Å²) in [7, 11) is 0. The molecule has 2 heterocycles. The Bertz CT molecular complexity index is 656. The molecule has 0 spiro atoms. The molecule has 0 bridgehead atoms. The minimum atomic E-state index is -0.561. The Labute approximate surface area is 182 Å². The first kappa shape index (κ1) is 23.3. The van der Waals surface area contributed by atoms with E-state index >= 15 is 0 Å². The zero-order chi connectivity index (χ0) is 19.2. The van der Waals surface area contributed by atoms with E-state index in [1.54, 1.807) is 0 Å². The lowest BCUT2D eigenvalue weighted by Crippen LogP contribution is -2.53. The molecule has 5 nitrogen and oxygen atoms in total. The van der Waals surface area contributed by atoms with Gasteiger partial charge in [-0.25, -0.2) is 8.78 Å². The summed E-state index contributed by atoms with van der Waals surface area (Å²) < 4.78 is 38.8. The fourth-order valence-corrected chi connectivity index (χ4v) is 3.64. The van der Waals surface area contributed by atoms with E-state index in [1.807, 2.05) is 13.8 Å². The van der Waals surface area contributed by atoms with Crippen LogP contribution in [0.1, 0.15) is 38.2 Å². The Morgan fingerprint density at radius 1 is 1.29 bits per heavy atom. The molecule has 2 aliphatic rings. The summed E-state index contributed by atoms with van der Waals surface area (Å²) in [4.78, 5) is 6.90. The number of nitrogens with one attached hydrogen (secondary N) is 1. The van der Waals surface area contributed by atoms with Crippen LogP contribution in [0.3, 0.4) is 0 Å². The molecular weight excluding hydrogens is 479 g/mol. The van der Waals surface area contributed by atoms with E-state index in [4.69, 9.17) is 14.5 Å². The molecule has 3 atom stereocenters. The third-order valence-electron chi connectivity index (χ3n) is 5.12. The van der Waals surface area contributed by atoms with Gasteiger partial charge < -0.3 is 19.7 Å². The van der Waals surface area contributed by atoms with Crippen molar-refractivity contribution in [2.45, 2.75) is 44.8 Å². The highest BCUT2D eigenvalue weighted by molar-refractivity contribution is 14.0. The van der Waals surface area contributed by atoms with Crippen molar-refractivity contribution in [2.24, 2.45) is 4.99 Å². The number of ether oxygens (including phenoxy) is 2. The number of hydrogen-bond donors (Lipinski definition) is 1. The number of hydrogen-bond acceptors (Lipinski definition) is 3. The Morgan fingerprint density at radius 3 is 2.75 bits per heavy atom. The predicted molar refractivity (Wildman–Crippen MR) is 116 cm³/mol. The minimum Gasteiger partial charge on any atom is -0.375 e. The highest BCUT2D eigenvalue weighted by atomic mass is 127. The van der Waals surface area contributed by atoms with Gasteiger partial charge in [0.05, 0.1) is 12.7 Å². The standard InChI is InChI=1S/C20H29F2N3O2.HI/c1-3-23-20(24-12-14(2)16-7-6-15(21)11-17(16)22)25-8-10-27-19(13-25)18-5-4-9-26-18;/h6-7,11,14,18-19H,3-5,8-10,12-13H2,1-2H3,(H,23,24);1H. The molecule has 2 aliphatic heterocycles. The van der Waals surface area contributed by atoms with Crippen LogP contribution < -0.4 is 5.32 Å². The molecule has 158 valence electrons. The molecule has 8 heteroatoms. The van der Waals surface area contributed by atoms with E-state index in [2.05, 4.69) is 10.2 Å². The molecule has 0 saturated carbocycles. The lowest BCUT2D eigenvalue weighted by atomic mass is 10.0. The van der Waals surface area contributed by atoms with Crippen LogP contribution in [0, 0.1) is 11.6 Å². The second-order valence-corrected chi connectivity index (χ2v) is 7.17. The van der Waals surface area contributed by atoms with Gasteiger partial charge in [-0.2, -0.15) is 0 Å². The van der Waals surface area contributed by atoms with Crippen molar-refractivity contribution in [3.63, 3.8) is 0 Å². The van der Waals surface area contributed by atoms with Crippen molar-refractivity contribution in [3.05, 3.63) is 35.4 Å². The topological polar surface area (TPSA) is 46.1 Å². The summed E-state index contributed by atoms with van der Waals surface area (Å²) in [6.45, 7) is 8.03. The summed E-state index contributed by atoms with van der Waals surface area (Å²) in [6, 6.07) is 3.72. The highest BCUT2D eigenvalue weighted by Gasteiger charge is 2.32. The summed E-state index contributed by atoms with van der Waals surface area (Å²) in [5.41, 5.74) is 0.482. The monoisotopic (exact) mass is 509 g/mol. The lowest BCUT2D eigenvalue weighted by molar-refractivity contribution is -0.0817. The van der Waals surface area contributed by atoms with E-state index in [9.17, 15) is 8.78 Å². The first-order chi connectivity index (χ1) is 13.1. The van der Waals surface area contributed by atoms with Gasteiger partial charge in [-0.15, -0.1) is 24.0 Å². The molecule has 3 rings (SSSR count). The Morgan fingerprint density at radius 2 is 2.07 bits per heavy atom. The highest BCUT2D eigenvalue weighted by Crippen LogP contribution is 2.22. The van der Waals surface area contributed by atoms with Gasteiger partial charge in [0, 0.05) is 44.8 Å². The quantitative estimate of drug-likeness (QED) is 0.375. The van der Waals surface area contributed by atoms with E-state index in [-0.39, 0.29) is 42.1 Å². The van der Waals surface area contributed by atoms with Crippen LogP contribution in [0.25, 0.3) is 0 Å².